The molecule has 0 bridgehead atoms. The van der Waals surface area contributed by atoms with Gasteiger partial charge in [-0.25, -0.2) is 14.4 Å². The van der Waals surface area contributed by atoms with Crippen LogP contribution in [-0.4, -0.2) is 35.3 Å². The minimum absolute atomic E-state index is 0.312. The third-order valence-corrected chi connectivity index (χ3v) is 8.74. The van der Waals surface area contributed by atoms with Crippen LogP contribution in [-0.2, 0) is 18.0 Å². The van der Waals surface area contributed by atoms with Crippen molar-refractivity contribution in [1.29, 1.82) is 5.26 Å². The van der Waals surface area contributed by atoms with Crippen LogP contribution in [0.1, 0.15) is 86.6 Å². The molecule has 3 N–H and O–H groups in total. The number of aliphatic hydroxyl groups is 1. The van der Waals surface area contributed by atoms with E-state index in [4.69, 9.17) is 25.5 Å². The van der Waals surface area contributed by atoms with Crippen LogP contribution in [0.15, 0.2) is 17.8 Å². The van der Waals surface area contributed by atoms with Crippen molar-refractivity contribution in [3.8, 4) is 6.07 Å². The molecular weight excluding hydrogens is 544 g/mol. The van der Waals surface area contributed by atoms with Crippen LogP contribution >= 0.6 is 20.6 Å². The number of anilines is 2. The van der Waals surface area contributed by atoms with Crippen molar-refractivity contribution >= 4 is 59.1 Å². The van der Waals surface area contributed by atoms with Gasteiger partial charge in [0.1, 0.15) is 16.9 Å². The molecular formula is C30H39FN5O2PS. The Balaban J connectivity index is 0.00000106. The van der Waals surface area contributed by atoms with E-state index in [1.54, 1.807) is 6.92 Å². The average molecular weight is 584 g/mol. The summed E-state index contributed by atoms with van der Waals surface area (Å²) in [4.78, 5) is 12.3. The first-order valence-electron chi connectivity index (χ1n) is 13.6. The highest BCUT2D eigenvalue weighted by atomic mass is 32.1. The number of aromatic nitrogens is 2. The molecule has 214 valence electrons. The molecule has 40 heavy (non-hydrogen) atoms. The molecule has 1 fully saturated rings. The number of nitrogens with two attached hydrogens (primary N) is 1. The highest BCUT2D eigenvalue weighted by Gasteiger charge is 2.31. The molecule has 1 unspecified atom stereocenters. The van der Waals surface area contributed by atoms with Gasteiger partial charge in [-0.2, -0.15) is 5.26 Å². The Hall–Kier alpha value is -2.89. The standard InChI is InChI=1S/C27H29FN5OPS.C2H6.CH4O/c1-4-14(3)20(22-15(10-29)26(30)36-25(22)19(28)5-2)21-18-13-34-12-17(18)16-11-31-27(32-23(16)24(21)35)33-8-6-7-9-33;2*1-2/h5,11H,4,6-9,12-13,30,35H2,1-3H3;1-2H3;2H,1H3/b19-5+,20-14?;;. The summed E-state index contributed by atoms with van der Waals surface area (Å²) in [7, 11) is 3.87. The van der Waals surface area contributed by atoms with Crippen molar-refractivity contribution in [2.24, 2.45) is 0 Å². The minimum Gasteiger partial charge on any atom is -0.400 e. The monoisotopic (exact) mass is 583 g/mol. The number of benzene rings is 1. The maximum Gasteiger partial charge on any atom is 0.225 e. The lowest BCUT2D eigenvalue weighted by atomic mass is 9.85. The van der Waals surface area contributed by atoms with Gasteiger partial charge < -0.3 is 20.5 Å². The van der Waals surface area contributed by atoms with Crippen molar-refractivity contribution in [3.05, 3.63) is 50.5 Å². The number of halogens is 1. The van der Waals surface area contributed by atoms with Gasteiger partial charge in [0, 0.05) is 42.7 Å². The molecule has 0 spiro atoms. The fourth-order valence-corrected chi connectivity index (χ4v) is 6.68. The number of nitrogen functional groups attached to an aromatic ring is 1. The average Bonchev–Trinajstić information content (AvgIpc) is 3.77. The van der Waals surface area contributed by atoms with Gasteiger partial charge in [0.25, 0.3) is 0 Å². The lowest BCUT2D eigenvalue weighted by Gasteiger charge is -2.22. The van der Waals surface area contributed by atoms with Crippen molar-refractivity contribution in [1.82, 2.24) is 9.97 Å². The van der Waals surface area contributed by atoms with Gasteiger partial charge in [-0.15, -0.1) is 20.6 Å². The Morgan fingerprint density at radius 2 is 1.90 bits per heavy atom. The Morgan fingerprint density at radius 1 is 1.25 bits per heavy atom. The van der Waals surface area contributed by atoms with Crippen LogP contribution in [0.25, 0.3) is 22.3 Å². The zero-order valence-electron chi connectivity index (χ0n) is 24.2. The first kappa shape index (κ1) is 31.6. The predicted octanol–water partition coefficient (Wildman–Crippen LogP) is 6.47. The minimum atomic E-state index is -0.387. The summed E-state index contributed by atoms with van der Waals surface area (Å²) in [6.07, 6.45) is 6.33. The topological polar surface area (TPSA) is 108 Å². The second-order valence-corrected chi connectivity index (χ2v) is 10.8. The number of allylic oxidation sites excluding steroid dienone is 2. The van der Waals surface area contributed by atoms with Crippen molar-refractivity contribution in [2.75, 3.05) is 30.8 Å². The highest BCUT2D eigenvalue weighted by molar-refractivity contribution is 7.28. The number of fused-ring (bicyclic) bond motifs is 3. The Labute approximate surface area is 242 Å². The Kier molecular flexibility index (Phi) is 11.2. The smallest absolute Gasteiger partial charge is 0.225 e. The van der Waals surface area contributed by atoms with E-state index in [1.165, 1.54) is 6.08 Å². The lowest BCUT2D eigenvalue weighted by Crippen LogP contribution is -2.21. The molecule has 1 saturated heterocycles. The van der Waals surface area contributed by atoms with Gasteiger partial charge in [0.2, 0.25) is 5.95 Å². The van der Waals surface area contributed by atoms with Crippen molar-refractivity contribution in [2.45, 2.75) is 67.1 Å². The first-order valence-corrected chi connectivity index (χ1v) is 15.0. The molecule has 1 aromatic carbocycles. The molecule has 2 aliphatic rings. The summed E-state index contributed by atoms with van der Waals surface area (Å²) in [5, 5.41) is 19.3. The van der Waals surface area contributed by atoms with E-state index in [0.717, 1.165) is 101 Å². The van der Waals surface area contributed by atoms with Gasteiger partial charge in [-0.1, -0.05) is 32.4 Å². The first-order chi connectivity index (χ1) is 19.4. The van der Waals surface area contributed by atoms with Gasteiger partial charge in [-0.3, -0.25) is 0 Å². The van der Waals surface area contributed by atoms with Crippen molar-refractivity contribution in [3.63, 3.8) is 0 Å². The third kappa shape index (κ3) is 5.64. The van der Waals surface area contributed by atoms with Gasteiger partial charge >= 0.3 is 0 Å². The van der Waals surface area contributed by atoms with E-state index < -0.39 is 0 Å². The van der Waals surface area contributed by atoms with Crippen LogP contribution in [0.4, 0.5) is 15.3 Å². The summed E-state index contributed by atoms with van der Waals surface area (Å²) < 4.78 is 21.1. The fraction of sp³-hybridized carbons (Fsp3) is 0.433. The Morgan fingerprint density at radius 3 is 2.50 bits per heavy atom. The van der Waals surface area contributed by atoms with Gasteiger partial charge in [0.15, 0.2) is 0 Å². The second-order valence-electron chi connectivity index (χ2n) is 9.17. The largest absolute Gasteiger partial charge is 0.400 e. The van der Waals surface area contributed by atoms with E-state index in [2.05, 4.69) is 27.1 Å². The third-order valence-electron chi connectivity index (χ3n) is 7.15. The van der Waals surface area contributed by atoms with Crippen LogP contribution in [0.3, 0.4) is 0 Å². The molecule has 3 aromatic rings. The molecule has 2 aromatic heterocycles. The summed E-state index contributed by atoms with van der Waals surface area (Å²) in [5.41, 5.74) is 12.9. The van der Waals surface area contributed by atoms with E-state index in [1.807, 2.05) is 27.0 Å². The normalized spacial score (nSPS) is 15.1. The van der Waals surface area contributed by atoms with E-state index in [0.29, 0.717) is 34.2 Å². The number of ether oxygens (including phenoxy) is 1. The molecule has 1 atom stereocenters. The molecule has 10 heteroatoms. The lowest BCUT2D eigenvalue weighted by molar-refractivity contribution is 0.135. The molecule has 2 aliphatic heterocycles. The number of nitrogens with zero attached hydrogens (tertiary/aromatic N) is 4. The number of thiophene rings is 1. The molecule has 0 saturated carbocycles. The number of hydrogen-bond acceptors (Lipinski definition) is 8. The molecule has 7 nitrogen and oxygen atoms in total. The number of nitriles is 1. The number of aliphatic hydroxyl groups excluding tert-OH is 1. The molecule has 0 radical (unpaired) electrons. The van der Waals surface area contributed by atoms with Crippen LogP contribution in [0.2, 0.25) is 0 Å². The Bertz CT molecular complexity index is 1490. The van der Waals surface area contributed by atoms with Gasteiger partial charge in [0.05, 0.1) is 29.2 Å². The SMILES string of the molecule is C/C=C(/F)c1sc(N)c(C#N)c1C(=C(C)CC)c1c2c(c3cnc(N4CCCC4)nc3c1P)COC2.CC.CO. The molecule has 0 aliphatic carbocycles. The maximum absolute atomic E-state index is 15.2. The summed E-state index contributed by atoms with van der Waals surface area (Å²) >= 11 is 1.12. The molecule has 4 heterocycles. The fourth-order valence-electron chi connectivity index (χ4n) is 5.15. The van der Waals surface area contributed by atoms with Crippen LogP contribution in [0.5, 0.6) is 0 Å². The van der Waals surface area contributed by atoms with E-state index >= 15 is 4.39 Å². The zero-order chi connectivity index (χ0) is 29.6. The maximum atomic E-state index is 15.2. The van der Waals surface area contributed by atoms with Crippen LogP contribution in [0, 0.1) is 11.3 Å². The van der Waals surface area contributed by atoms with E-state index in [9.17, 15) is 5.26 Å². The number of rotatable bonds is 5. The van der Waals surface area contributed by atoms with E-state index in [-0.39, 0.29) is 5.83 Å². The highest BCUT2D eigenvalue weighted by Crippen LogP contribution is 2.46. The summed E-state index contributed by atoms with van der Waals surface area (Å²) in [6.45, 7) is 12.5. The van der Waals surface area contributed by atoms with Gasteiger partial charge in [-0.05, 0) is 55.4 Å². The second kappa shape index (κ2) is 14.1. The molecule has 5 rings (SSSR count). The summed E-state index contributed by atoms with van der Waals surface area (Å²) in [5.74, 6) is 0.339. The van der Waals surface area contributed by atoms with Crippen molar-refractivity contribution < 1.29 is 14.2 Å². The summed E-state index contributed by atoms with van der Waals surface area (Å²) in [6, 6.07) is 2.25. The zero-order valence-corrected chi connectivity index (χ0v) is 26.2. The molecule has 0 amide bonds. The number of hydrogen-bond donors (Lipinski definition) is 2. The van der Waals surface area contributed by atoms with Crippen LogP contribution < -0.4 is 15.9 Å². The quantitative estimate of drug-likeness (QED) is 0.331. The predicted molar refractivity (Wildman–Crippen MR) is 169 cm³/mol.